The second-order valence-corrected chi connectivity index (χ2v) is 6.03. The summed E-state index contributed by atoms with van der Waals surface area (Å²) in [6.45, 7) is 8.84. The number of carbonyl (C=O) groups is 3. The second kappa shape index (κ2) is 8.61. The van der Waals surface area contributed by atoms with Crippen molar-refractivity contribution in [3.05, 3.63) is 0 Å². The average molecular weight is 301 g/mol. The largest absolute Gasteiger partial charge is 0.480 e. The van der Waals surface area contributed by atoms with Crippen molar-refractivity contribution in [3.63, 3.8) is 0 Å². The minimum absolute atomic E-state index is 0.0482. The number of carbonyl (C=O) groups excluding carboxylic acids is 2. The van der Waals surface area contributed by atoms with Crippen molar-refractivity contribution in [1.29, 1.82) is 0 Å². The van der Waals surface area contributed by atoms with E-state index in [1.807, 2.05) is 13.8 Å². The van der Waals surface area contributed by atoms with Gasteiger partial charge in [-0.1, -0.05) is 27.7 Å². The van der Waals surface area contributed by atoms with Crippen LogP contribution in [0, 0.1) is 11.8 Å². The van der Waals surface area contributed by atoms with E-state index in [0.717, 1.165) is 0 Å². The molecule has 0 aliphatic heterocycles. The van der Waals surface area contributed by atoms with Gasteiger partial charge in [-0.15, -0.1) is 0 Å². The highest BCUT2D eigenvalue weighted by atomic mass is 16.4. The van der Waals surface area contributed by atoms with Gasteiger partial charge in [0.05, 0.1) is 6.04 Å². The molecule has 7 heteroatoms. The molecule has 0 fully saturated rings. The van der Waals surface area contributed by atoms with Crippen LogP contribution in [-0.2, 0) is 14.4 Å². The predicted octanol–water partition coefficient (Wildman–Crippen LogP) is 0.0899. The Bertz CT molecular complexity index is 382. The maximum Gasteiger partial charge on any atom is 0.326 e. The molecule has 2 amide bonds. The molecule has 0 aliphatic carbocycles. The van der Waals surface area contributed by atoms with Crippen molar-refractivity contribution in [2.24, 2.45) is 17.6 Å². The van der Waals surface area contributed by atoms with Gasteiger partial charge in [0.25, 0.3) is 0 Å². The van der Waals surface area contributed by atoms with E-state index in [-0.39, 0.29) is 11.8 Å². The highest BCUT2D eigenvalue weighted by Crippen LogP contribution is 2.05. The van der Waals surface area contributed by atoms with Crippen molar-refractivity contribution in [2.45, 2.75) is 59.2 Å². The predicted molar refractivity (Wildman–Crippen MR) is 79.4 cm³/mol. The molecule has 5 N–H and O–H groups in total. The Morgan fingerprint density at radius 1 is 1.00 bits per heavy atom. The zero-order valence-electron chi connectivity index (χ0n) is 13.3. The molecule has 3 atom stereocenters. The van der Waals surface area contributed by atoms with E-state index in [1.165, 1.54) is 6.92 Å². The molecule has 122 valence electrons. The summed E-state index contributed by atoms with van der Waals surface area (Å²) in [5, 5.41) is 14.0. The zero-order valence-corrected chi connectivity index (χ0v) is 13.3. The summed E-state index contributed by atoms with van der Waals surface area (Å²) in [6.07, 6.45) is 0.327. The van der Waals surface area contributed by atoms with E-state index in [2.05, 4.69) is 10.6 Å². The Morgan fingerprint density at radius 3 is 1.90 bits per heavy atom. The van der Waals surface area contributed by atoms with Gasteiger partial charge in [0.1, 0.15) is 12.1 Å². The van der Waals surface area contributed by atoms with Crippen molar-refractivity contribution < 1.29 is 19.5 Å². The number of rotatable bonds is 8. The lowest BCUT2D eigenvalue weighted by molar-refractivity contribution is -0.142. The van der Waals surface area contributed by atoms with Crippen LogP contribution in [0.15, 0.2) is 0 Å². The molecular formula is C14H27N3O4. The van der Waals surface area contributed by atoms with E-state index < -0.39 is 35.9 Å². The van der Waals surface area contributed by atoms with Crippen molar-refractivity contribution in [3.8, 4) is 0 Å². The molecule has 0 heterocycles. The Hall–Kier alpha value is -1.63. The third-order valence-electron chi connectivity index (χ3n) is 3.09. The maximum absolute atomic E-state index is 11.9. The first-order valence-corrected chi connectivity index (χ1v) is 7.15. The number of hydrogen-bond donors (Lipinski definition) is 4. The van der Waals surface area contributed by atoms with Crippen LogP contribution in [0.4, 0.5) is 0 Å². The highest BCUT2D eigenvalue weighted by Gasteiger charge is 2.26. The van der Waals surface area contributed by atoms with Gasteiger partial charge in [-0.2, -0.15) is 0 Å². The summed E-state index contributed by atoms with van der Waals surface area (Å²) < 4.78 is 0. The molecule has 0 saturated carbocycles. The lowest BCUT2D eigenvalue weighted by Crippen LogP contribution is -2.54. The summed E-state index contributed by atoms with van der Waals surface area (Å²) in [5.41, 5.74) is 5.69. The van der Waals surface area contributed by atoms with E-state index >= 15 is 0 Å². The minimum atomic E-state index is -1.09. The van der Waals surface area contributed by atoms with E-state index in [9.17, 15) is 14.4 Å². The molecule has 0 saturated heterocycles. The van der Waals surface area contributed by atoms with Crippen LogP contribution < -0.4 is 16.4 Å². The minimum Gasteiger partial charge on any atom is -0.480 e. The molecule has 0 aromatic carbocycles. The fourth-order valence-corrected chi connectivity index (χ4v) is 1.67. The van der Waals surface area contributed by atoms with E-state index in [4.69, 9.17) is 10.8 Å². The van der Waals surface area contributed by atoms with Gasteiger partial charge in [-0.3, -0.25) is 9.59 Å². The molecule has 21 heavy (non-hydrogen) atoms. The summed E-state index contributed by atoms with van der Waals surface area (Å²) >= 11 is 0. The Balaban J connectivity index is 4.56. The van der Waals surface area contributed by atoms with Gasteiger partial charge in [0.15, 0.2) is 0 Å². The number of carboxylic acid groups (broad SMARTS) is 1. The summed E-state index contributed by atoms with van der Waals surface area (Å²) in [4.78, 5) is 34.8. The highest BCUT2D eigenvalue weighted by molar-refractivity contribution is 5.91. The normalized spacial score (nSPS) is 15.4. The number of amides is 2. The molecule has 0 aromatic heterocycles. The van der Waals surface area contributed by atoms with Crippen LogP contribution in [0.5, 0.6) is 0 Å². The van der Waals surface area contributed by atoms with Crippen LogP contribution in [0.25, 0.3) is 0 Å². The van der Waals surface area contributed by atoms with Crippen molar-refractivity contribution >= 4 is 17.8 Å². The number of nitrogens with two attached hydrogens (primary N) is 1. The zero-order chi connectivity index (χ0) is 16.7. The Morgan fingerprint density at radius 2 is 1.52 bits per heavy atom. The fraction of sp³-hybridized carbons (Fsp3) is 0.786. The summed E-state index contributed by atoms with van der Waals surface area (Å²) in [5.74, 6) is -1.97. The van der Waals surface area contributed by atoms with Gasteiger partial charge >= 0.3 is 5.97 Å². The van der Waals surface area contributed by atoms with E-state index in [1.54, 1.807) is 13.8 Å². The molecule has 0 radical (unpaired) electrons. The van der Waals surface area contributed by atoms with Crippen LogP contribution in [-0.4, -0.2) is 41.0 Å². The Kier molecular flexibility index (Phi) is 7.94. The van der Waals surface area contributed by atoms with Gasteiger partial charge < -0.3 is 21.5 Å². The quantitative estimate of drug-likeness (QED) is 0.506. The van der Waals surface area contributed by atoms with Gasteiger partial charge in [-0.25, -0.2) is 4.79 Å². The van der Waals surface area contributed by atoms with Gasteiger partial charge in [0, 0.05) is 0 Å². The third-order valence-corrected chi connectivity index (χ3v) is 3.09. The van der Waals surface area contributed by atoms with Crippen LogP contribution in [0.2, 0.25) is 0 Å². The molecular weight excluding hydrogens is 274 g/mol. The number of nitrogens with one attached hydrogen (secondary N) is 2. The van der Waals surface area contributed by atoms with Crippen LogP contribution in [0.3, 0.4) is 0 Å². The molecule has 0 bridgehead atoms. The van der Waals surface area contributed by atoms with Gasteiger partial charge in [-0.05, 0) is 25.2 Å². The Labute approximate surface area is 125 Å². The monoisotopic (exact) mass is 301 g/mol. The average Bonchev–Trinajstić information content (AvgIpc) is 2.35. The standard InChI is InChI=1S/C14H27N3O4/c1-7(2)6-10(14(20)21)17-12(18)9(5)16-13(19)11(15)8(3)4/h7-11H,6,15H2,1-5H3,(H,16,19)(H,17,18)(H,20,21)/t9-,10-,11-/m0/s1. The lowest BCUT2D eigenvalue weighted by Gasteiger charge is -2.22. The van der Waals surface area contributed by atoms with Gasteiger partial charge in [0.2, 0.25) is 11.8 Å². The topological polar surface area (TPSA) is 122 Å². The molecule has 0 aliphatic rings. The molecule has 0 rings (SSSR count). The lowest BCUT2D eigenvalue weighted by atomic mass is 10.0. The summed E-state index contributed by atoms with van der Waals surface area (Å²) in [7, 11) is 0. The van der Waals surface area contributed by atoms with Crippen LogP contribution in [0.1, 0.15) is 41.0 Å². The molecule has 7 nitrogen and oxygen atoms in total. The third kappa shape index (κ3) is 7.08. The SMILES string of the molecule is CC(C)C[C@H](NC(=O)[C@H](C)NC(=O)[C@@H](N)C(C)C)C(=O)O. The molecule has 0 unspecified atom stereocenters. The molecule has 0 spiro atoms. The first-order chi connectivity index (χ1) is 9.56. The first-order valence-electron chi connectivity index (χ1n) is 7.15. The number of carboxylic acids is 1. The van der Waals surface area contributed by atoms with Crippen molar-refractivity contribution in [2.75, 3.05) is 0 Å². The summed E-state index contributed by atoms with van der Waals surface area (Å²) in [6, 6.07) is -2.50. The maximum atomic E-state index is 11.9. The second-order valence-electron chi connectivity index (χ2n) is 6.03. The fourth-order valence-electron chi connectivity index (χ4n) is 1.67. The van der Waals surface area contributed by atoms with Crippen molar-refractivity contribution in [1.82, 2.24) is 10.6 Å². The smallest absolute Gasteiger partial charge is 0.326 e. The van der Waals surface area contributed by atoms with Crippen LogP contribution >= 0.6 is 0 Å². The van der Waals surface area contributed by atoms with E-state index in [0.29, 0.717) is 6.42 Å². The number of hydrogen-bond acceptors (Lipinski definition) is 4. The first kappa shape index (κ1) is 19.4. The molecule has 0 aromatic rings. The number of aliphatic carboxylic acids is 1.